The minimum atomic E-state index is -0.388. The summed E-state index contributed by atoms with van der Waals surface area (Å²) in [5.41, 5.74) is 3.13. The Balaban J connectivity index is 2.66. The predicted octanol–water partition coefficient (Wildman–Crippen LogP) is 1.89. The molecule has 3 nitrogen and oxygen atoms in total. The van der Waals surface area contributed by atoms with Crippen LogP contribution in [0.2, 0.25) is 5.02 Å². The quantitative estimate of drug-likeness (QED) is 0.595. The maximum absolute atomic E-state index is 13.6. The van der Waals surface area contributed by atoms with Gasteiger partial charge in [0.2, 0.25) is 0 Å². The van der Waals surface area contributed by atoms with E-state index in [1.807, 2.05) is 6.92 Å². The molecule has 16 heavy (non-hydrogen) atoms. The first-order chi connectivity index (χ1) is 7.69. The number of hydrazine groups is 1. The van der Waals surface area contributed by atoms with Crippen molar-refractivity contribution < 1.29 is 9.13 Å². The molecule has 1 unspecified atom stereocenters. The van der Waals surface area contributed by atoms with Crippen LogP contribution in [0, 0.1) is 5.82 Å². The molecule has 1 aromatic carbocycles. The van der Waals surface area contributed by atoms with Crippen LogP contribution in [0.15, 0.2) is 18.2 Å². The van der Waals surface area contributed by atoms with Crippen LogP contribution in [0.1, 0.15) is 12.5 Å². The molecule has 0 bridgehead atoms. The van der Waals surface area contributed by atoms with Gasteiger partial charge >= 0.3 is 0 Å². The Hall–Kier alpha value is -0.680. The van der Waals surface area contributed by atoms with Gasteiger partial charge in [0.15, 0.2) is 0 Å². The van der Waals surface area contributed by atoms with Gasteiger partial charge in [-0.3, -0.25) is 11.3 Å². The minimum absolute atomic E-state index is 0.118. The van der Waals surface area contributed by atoms with Crippen LogP contribution < -0.4 is 11.3 Å². The highest BCUT2D eigenvalue weighted by molar-refractivity contribution is 6.30. The SMILES string of the molecule is CCOCC(Cc1cccc(Cl)c1F)NN. The molecule has 1 rings (SSSR count). The molecule has 0 radical (unpaired) electrons. The summed E-state index contributed by atoms with van der Waals surface area (Å²) in [6, 6.07) is 4.81. The molecule has 0 aliphatic rings. The van der Waals surface area contributed by atoms with Gasteiger partial charge < -0.3 is 4.74 Å². The largest absolute Gasteiger partial charge is 0.380 e. The highest BCUT2D eigenvalue weighted by atomic mass is 35.5. The van der Waals surface area contributed by atoms with Gasteiger partial charge in [0, 0.05) is 12.6 Å². The van der Waals surface area contributed by atoms with Crippen LogP contribution in [0.3, 0.4) is 0 Å². The molecule has 1 aromatic rings. The van der Waals surface area contributed by atoms with Gasteiger partial charge in [-0.25, -0.2) is 4.39 Å². The molecule has 0 spiro atoms. The normalized spacial score (nSPS) is 12.8. The third kappa shape index (κ3) is 3.72. The van der Waals surface area contributed by atoms with Gasteiger partial charge in [0.25, 0.3) is 0 Å². The molecular formula is C11H16ClFN2O. The lowest BCUT2D eigenvalue weighted by atomic mass is 10.1. The van der Waals surface area contributed by atoms with E-state index < -0.39 is 0 Å². The van der Waals surface area contributed by atoms with Crippen LogP contribution in [-0.4, -0.2) is 19.3 Å². The third-order valence-electron chi connectivity index (χ3n) is 2.26. The maximum Gasteiger partial charge on any atom is 0.145 e. The number of nitrogens with two attached hydrogens (primary N) is 1. The zero-order valence-electron chi connectivity index (χ0n) is 9.17. The molecule has 0 fully saturated rings. The number of halogens is 2. The molecule has 90 valence electrons. The van der Waals surface area contributed by atoms with Crippen LogP contribution in [0.5, 0.6) is 0 Å². The van der Waals surface area contributed by atoms with Crippen molar-refractivity contribution >= 4 is 11.6 Å². The van der Waals surface area contributed by atoms with Gasteiger partial charge in [0.1, 0.15) is 5.82 Å². The molecule has 3 N–H and O–H groups in total. The molecule has 0 amide bonds. The summed E-state index contributed by atoms with van der Waals surface area (Å²) in [4.78, 5) is 0. The second kappa shape index (κ2) is 6.81. The van der Waals surface area contributed by atoms with E-state index in [0.717, 1.165) is 0 Å². The second-order valence-corrected chi connectivity index (χ2v) is 3.85. The summed E-state index contributed by atoms with van der Waals surface area (Å²) in [6.45, 7) is 2.95. The van der Waals surface area contributed by atoms with Gasteiger partial charge in [0.05, 0.1) is 11.6 Å². The van der Waals surface area contributed by atoms with Crippen molar-refractivity contribution in [3.8, 4) is 0 Å². The highest BCUT2D eigenvalue weighted by Gasteiger charge is 2.12. The molecule has 5 heteroatoms. The summed E-state index contributed by atoms with van der Waals surface area (Å²) < 4.78 is 18.8. The number of rotatable bonds is 6. The standard InChI is InChI=1S/C11H16ClFN2O/c1-2-16-7-9(15-14)6-8-4-3-5-10(12)11(8)13/h3-5,9,15H,2,6-7,14H2,1H3. The van der Waals surface area contributed by atoms with Crippen LogP contribution in [0.4, 0.5) is 4.39 Å². The van der Waals surface area contributed by atoms with Crippen LogP contribution in [-0.2, 0) is 11.2 Å². The Morgan fingerprint density at radius 2 is 2.31 bits per heavy atom. The van der Waals surface area contributed by atoms with Gasteiger partial charge in [-0.1, -0.05) is 23.7 Å². The number of nitrogens with one attached hydrogen (secondary N) is 1. The average Bonchev–Trinajstić information content (AvgIpc) is 2.30. The van der Waals surface area contributed by atoms with Crippen molar-refractivity contribution in [2.75, 3.05) is 13.2 Å². The van der Waals surface area contributed by atoms with E-state index >= 15 is 0 Å². The molecule has 0 aromatic heterocycles. The molecule has 0 aliphatic heterocycles. The summed E-state index contributed by atoms with van der Waals surface area (Å²) in [6.07, 6.45) is 0.447. The Morgan fingerprint density at radius 1 is 1.56 bits per heavy atom. The minimum Gasteiger partial charge on any atom is -0.380 e. The smallest absolute Gasteiger partial charge is 0.145 e. The summed E-state index contributed by atoms with van der Waals surface area (Å²) in [5.74, 6) is 4.98. The van der Waals surface area contributed by atoms with Crippen molar-refractivity contribution in [3.63, 3.8) is 0 Å². The summed E-state index contributed by atoms with van der Waals surface area (Å²) >= 11 is 5.69. The average molecular weight is 247 g/mol. The Kier molecular flexibility index (Phi) is 5.69. The first kappa shape index (κ1) is 13.4. The Labute approximate surface area is 99.7 Å². The van der Waals surface area contributed by atoms with Gasteiger partial charge in [-0.2, -0.15) is 0 Å². The second-order valence-electron chi connectivity index (χ2n) is 3.44. The van der Waals surface area contributed by atoms with Crippen LogP contribution >= 0.6 is 11.6 Å². The lowest BCUT2D eigenvalue weighted by molar-refractivity contribution is 0.122. The van der Waals surface area contributed by atoms with Gasteiger partial charge in [-0.05, 0) is 25.0 Å². The topological polar surface area (TPSA) is 47.3 Å². The fourth-order valence-corrected chi connectivity index (χ4v) is 1.59. The summed E-state index contributed by atoms with van der Waals surface area (Å²) in [7, 11) is 0. The number of hydrogen-bond acceptors (Lipinski definition) is 3. The predicted molar refractivity (Wildman–Crippen MR) is 62.7 cm³/mol. The zero-order valence-corrected chi connectivity index (χ0v) is 9.93. The van der Waals surface area contributed by atoms with Crippen molar-refractivity contribution in [1.29, 1.82) is 0 Å². The lowest BCUT2D eigenvalue weighted by Crippen LogP contribution is -2.40. The number of benzene rings is 1. The number of hydrogen-bond donors (Lipinski definition) is 2. The summed E-state index contributed by atoms with van der Waals surface area (Å²) in [5, 5.41) is 0.129. The maximum atomic E-state index is 13.6. The Morgan fingerprint density at radius 3 is 2.94 bits per heavy atom. The van der Waals surface area contributed by atoms with Crippen molar-refractivity contribution in [3.05, 3.63) is 34.6 Å². The highest BCUT2D eigenvalue weighted by Crippen LogP contribution is 2.18. The third-order valence-corrected chi connectivity index (χ3v) is 2.55. The van der Waals surface area contributed by atoms with Crippen molar-refractivity contribution in [2.45, 2.75) is 19.4 Å². The molecule has 0 saturated carbocycles. The van der Waals surface area contributed by atoms with E-state index in [4.69, 9.17) is 22.2 Å². The van der Waals surface area contributed by atoms with E-state index in [2.05, 4.69) is 5.43 Å². The monoisotopic (exact) mass is 246 g/mol. The Bertz CT molecular complexity index is 336. The molecule has 0 heterocycles. The van der Waals surface area contributed by atoms with E-state index in [-0.39, 0.29) is 16.9 Å². The fourth-order valence-electron chi connectivity index (χ4n) is 1.40. The first-order valence-electron chi connectivity index (χ1n) is 5.15. The van der Waals surface area contributed by atoms with E-state index in [9.17, 15) is 4.39 Å². The molecular weight excluding hydrogens is 231 g/mol. The molecule has 0 aliphatic carbocycles. The molecule has 1 atom stereocenters. The van der Waals surface area contributed by atoms with E-state index in [0.29, 0.717) is 25.2 Å². The van der Waals surface area contributed by atoms with Crippen LogP contribution in [0.25, 0.3) is 0 Å². The molecule has 0 saturated heterocycles. The van der Waals surface area contributed by atoms with E-state index in [1.165, 1.54) is 6.07 Å². The van der Waals surface area contributed by atoms with Crippen molar-refractivity contribution in [1.82, 2.24) is 5.43 Å². The lowest BCUT2D eigenvalue weighted by Gasteiger charge is -2.16. The fraction of sp³-hybridized carbons (Fsp3) is 0.455. The van der Waals surface area contributed by atoms with E-state index in [1.54, 1.807) is 12.1 Å². The van der Waals surface area contributed by atoms with Gasteiger partial charge in [-0.15, -0.1) is 0 Å². The zero-order chi connectivity index (χ0) is 12.0. The van der Waals surface area contributed by atoms with Crippen molar-refractivity contribution in [2.24, 2.45) is 5.84 Å². The number of ether oxygens (including phenoxy) is 1. The first-order valence-corrected chi connectivity index (χ1v) is 5.53.